The molecule has 1 aromatic carbocycles. The number of anilines is 1. The molecule has 2 heterocycles. The first kappa shape index (κ1) is 16.2. The third-order valence-corrected chi connectivity index (χ3v) is 4.21. The van der Waals surface area contributed by atoms with Crippen molar-refractivity contribution in [3.63, 3.8) is 0 Å². The molecule has 0 bridgehead atoms. The molecule has 1 N–H and O–H groups in total. The Morgan fingerprint density at radius 3 is 3.12 bits per heavy atom. The van der Waals surface area contributed by atoms with Crippen LogP contribution in [0.25, 0.3) is 6.08 Å². The van der Waals surface area contributed by atoms with Gasteiger partial charge in [-0.25, -0.2) is 0 Å². The van der Waals surface area contributed by atoms with Gasteiger partial charge in [0, 0.05) is 37.5 Å². The van der Waals surface area contributed by atoms with Crippen LogP contribution < -0.4 is 15.0 Å². The number of carbonyl (C=O) groups excluding carboxylic acids is 1. The first-order chi connectivity index (χ1) is 11.7. The molecule has 1 aliphatic rings. The lowest BCUT2D eigenvalue weighted by Gasteiger charge is -2.19. The van der Waals surface area contributed by atoms with Crippen molar-refractivity contribution >= 4 is 17.7 Å². The van der Waals surface area contributed by atoms with Gasteiger partial charge in [0.2, 0.25) is 5.91 Å². The zero-order chi connectivity index (χ0) is 16.8. The Morgan fingerprint density at radius 1 is 1.42 bits per heavy atom. The number of amides is 1. The van der Waals surface area contributed by atoms with E-state index in [4.69, 9.17) is 9.15 Å². The van der Waals surface area contributed by atoms with E-state index in [1.165, 1.54) is 11.8 Å². The fourth-order valence-electron chi connectivity index (χ4n) is 2.89. The minimum absolute atomic E-state index is 0.0915. The summed E-state index contributed by atoms with van der Waals surface area (Å²) < 4.78 is 10.4. The number of hydrogen-bond acceptors (Lipinski definition) is 4. The van der Waals surface area contributed by atoms with Gasteiger partial charge < -0.3 is 19.4 Å². The summed E-state index contributed by atoms with van der Waals surface area (Å²) in [7, 11) is 1.68. The number of nitrogens with zero attached hydrogens (tertiary/aromatic N) is 1. The lowest BCUT2D eigenvalue weighted by Crippen LogP contribution is -2.29. The lowest BCUT2D eigenvalue weighted by molar-refractivity contribution is -0.116. The van der Waals surface area contributed by atoms with E-state index >= 15 is 0 Å². The summed E-state index contributed by atoms with van der Waals surface area (Å²) in [5.74, 6) is 1.91. The van der Waals surface area contributed by atoms with E-state index in [1.807, 2.05) is 24.3 Å². The number of hydrogen-bond donors (Lipinski definition) is 1. The zero-order valence-electron chi connectivity index (χ0n) is 13.8. The number of ether oxygens (including phenoxy) is 1. The van der Waals surface area contributed by atoms with Gasteiger partial charge in [0.1, 0.15) is 11.5 Å². The van der Waals surface area contributed by atoms with E-state index in [2.05, 4.69) is 16.3 Å². The summed E-state index contributed by atoms with van der Waals surface area (Å²) in [6.07, 6.45) is 5.84. The Bertz CT molecular complexity index is 694. The highest BCUT2D eigenvalue weighted by atomic mass is 16.5. The van der Waals surface area contributed by atoms with E-state index < -0.39 is 0 Å². The molecule has 24 heavy (non-hydrogen) atoms. The van der Waals surface area contributed by atoms with E-state index in [1.54, 1.807) is 25.5 Å². The lowest BCUT2D eigenvalue weighted by atomic mass is 10.1. The molecule has 0 spiro atoms. The van der Waals surface area contributed by atoms with Crippen molar-refractivity contribution in [2.75, 3.05) is 31.6 Å². The fourth-order valence-corrected chi connectivity index (χ4v) is 2.89. The normalized spacial score (nSPS) is 17.4. The minimum Gasteiger partial charge on any atom is -0.497 e. The molecule has 5 heteroatoms. The molecule has 1 atom stereocenters. The average Bonchev–Trinajstić information content (AvgIpc) is 3.30. The van der Waals surface area contributed by atoms with Crippen molar-refractivity contribution in [1.29, 1.82) is 0 Å². The number of benzene rings is 1. The predicted octanol–water partition coefficient (Wildman–Crippen LogP) is 2.94. The molecular weight excluding hydrogens is 304 g/mol. The number of nitrogens with one attached hydrogen (secondary N) is 1. The van der Waals surface area contributed by atoms with Gasteiger partial charge in [0.15, 0.2) is 0 Å². The molecule has 1 aromatic heterocycles. The molecule has 0 aliphatic carbocycles. The van der Waals surface area contributed by atoms with Crippen LogP contribution in [0.4, 0.5) is 5.69 Å². The zero-order valence-corrected chi connectivity index (χ0v) is 13.8. The van der Waals surface area contributed by atoms with Crippen LogP contribution in [0.15, 0.2) is 53.2 Å². The maximum atomic E-state index is 11.9. The van der Waals surface area contributed by atoms with Crippen LogP contribution in [0.2, 0.25) is 0 Å². The van der Waals surface area contributed by atoms with Crippen LogP contribution in [-0.2, 0) is 4.79 Å². The van der Waals surface area contributed by atoms with Crippen LogP contribution in [0.3, 0.4) is 0 Å². The van der Waals surface area contributed by atoms with E-state index in [-0.39, 0.29) is 5.91 Å². The van der Waals surface area contributed by atoms with Gasteiger partial charge in [0.25, 0.3) is 0 Å². The van der Waals surface area contributed by atoms with Crippen molar-refractivity contribution in [3.05, 3.63) is 54.5 Å². The Balaban J connectivity index is 1.46. The van der Waals surface area contributed by atoms with Crippen molar-refractivity contribution in [2.45, 2.75) is 6.42 Å². The SMILES string of the molecule is COc1cccc(N2CCC(CNC(=O)/C=C/c3ccco3)C2)c1. The van der Waals surface area contributed by atoms with Gasteiger partial charge in [-0.3, -0.25) is 4.79 Å². The third-order valence-electron chi connectivity index (χ3n) is 4.21. The summed E-state index contributed by atoms with van der Waals surface area (Å²) in [6, 6.07) is 11.7. The molecule has 0 radical (unpaired) electrons. The van der Waals surface area contributed by atoms with E-state index in [0.717, 1.165) is 25.3 Å². The van der Waals surface area contributed by atoms with Gasteiger partial charge in [-0.05, 0) is 42.7 Å². The highest BCUT2D eigenvalue weighted by molar-refractivity contribution is 5.91. The van der Waals surface area contributed by atoms with Crippen LogP contribution in [0, 0.1) is 5.92 Å². The van der Waals surface area contributed by atoms with Crippen LogP contribution in [0.1, 0.15) is 12.2 Å². The highest BCUT2D eigenvalue weighted by Gasteiger charge is 2.23. The number of furan rings is 1. The summed E-state index contributed by atoms with van der Waals surface area (Å²) in [5, 5.41) is 2.96. The van der Waals surface area contributed by atoms with E-state index in [9.17, 15) is 4.79 Å². The first-order valence-corrected chi connectivity index (χ1v) is 8.13. The quantitative estimate of drug-likeness (QED) is 0.829. The minimum atomic E-state index is -0.0915. The molecule has 1 unspecified atom stereocenters. The Hall–Kier alpha value is -2.69. The molecule has 0 saturated carbocycles. The topological polar surface area (TPSA) is 54.7 Å². The van der Waals surface area contributed by atoms with Gasteiger partial charge in [0.05, 0.1) is 13.4 Å². The monoisotopic (exact) mass is 326 g/mol. The summed E-state index contributed by atoms with van der Waals surface area (Å²) in [4.78, 5) is 14.2. The maximum absolute atomic E-state index is 11.9. The molecule has 5 nitrogen and oxygen atoms in total. The smallest absolute Gasteiger partial charge is 0.244 e. The number of rotatable bonds is 6. The molecule has 1 fully saturated rings. The molecule has 2 aromatic rings. The van der Waals surface area contributed by atoms with Gasteiger partial charge in [-0.2, -0.15) is 0 Å². The Kier molecular flexibility index (Phi) is 5.21. The van der Waals surface area contributed by atoms with E-state index in [0.29, 0.717) is 18.2 Å². The Morgan fingerprint density at radius 2 is 2.33 bits per heavy atom. The third kappa shape index (κ3) is 4.19. The summed E-state index contributed by atoms with van der Waals surface area (Å²) in [5.41, 5.74) is 1.17. The summed E-state index contributed by atoms with van der Waals surface area (Å²) in [6.45, 7) is 2.62. The Labute approximate surface area is 141 Å². The average molecular weight is 326 g/mol. The standard InChI is InChI=1S/C19H22N2O3/c1-23-18-5-2-4-16(12-18)21-10-9-15(14-21)13-20-19(22)8-7-17-6-3-11-24-17/h2-8,11-12,15H,9-10,13-14H2,1H3,(H,20,22)/b8-7+. The molecule has 126 valence electrons. The molecule has 1 saturated heterocycles. The van der Waals surface area contributed by atoms with Crippen molar-refractivity contribution in [3.8, 4) is 5.75 Å². The van der Waals surface area contributed by atoms with Crippen molar-refractivity contribution in [1.82, 2.24) is 5.32 Å². The van der Waals surface area contributed by atoms with Crippen LogP contribution in [0.5, 0.6) is 5.75 Å². The van der Waals surface area contributed by atoms with Gasteiger partial charge in [-0.1, -0.05) is 6.07 Å². The molecule has 1 aliphatic heterocycles. The fraction of sp³-hybridized carbons (Fsp3) is 0.316. The largest absolute Gasteiger partial charge is 0.497 e. The highest BCUT2D eigenvalue weighted by Crippen LogP contribution is 2.26. The van der Waals surface area contributed by atoms with Crippen molar-refractivity contribution < 1.29 is 13.9 Å². The second-order valence-electron chi connectivity index (χ2n) is 5.90. The molecule has 1 amide bonds. The molecular formula is C19H22N2O3. The van der Waals surface area contributed by atoms with Crippen molar-refractivity contribution in [2.24, 2.45) is 5.92 Å². The number of carbonyl (C=O) groups is 1. The second-order valence-corrected chi connectivity index (χ2v) is 5.90. The summed E-state index contributed by atoms with van der Waals surface area (Å²) >= 11 is 0. The first-order valence-electron chi connectivity index (χ1n) is 8.13. The number of methoxy groups -OCH3 is 1. The van der Waals surface area contributed by atoms with Crippen LogP contribution >= 0.6 is 0 Å². The molecule has 3 rings (SSSR count). The van der Waals surface area contributed by atoms with Gasteiger partial charge >= 0.3 is 0 Å². The van der Waals surface area contributed by atoms with Gasteiger partial charge in [-0.15, -0.1) is 0 Å². The second kappa shape index (κ2) is 7.73. The maximum Gasteiger partial charge on any atom is 0.244 e. The van der Waals surface area contributed by atoms with Crippen LogP contribution in [-0.4, -0.2) is 32.7 Å². The predicted molar refractivity (Wildman–Crippen MR) is 94.1 cm³/mol.